The predicted molar refractivity (Wildman–Crippen MR) is 95.3 cm³/mol. The van der Waals surface area contributed by atoms with Gasteiger partial charge in [-0.1, -0.05) is 11.6 Å². The van der Waals surface area contributed by atoms with Crippen molar-refractivity contribution in [3.8, 4) is 5.75 Å². The highest BCUT2D eigenvalue weighted by molar-refractivity contribution is 6.30. The average molecular weight is 365 g/mol. The highest BCUT2D eigenvalue weighted by Crippen LogP contribution is 2.15. The number of non-ortho nitro benzene ring substituents is 1. The van der Waals surface area contributed by atoms with E-state index in [1.165, 1.54) is 24.3 Å². The molecule has 0 heterocycles. The third-order valence-electron chi connectivity index (χ3n) is 3.44. The molecule has 0 aliphatic carbocycles. The van der Waals surface area contributed by atoms with E-state index in [4.69, 9.17) is 16.3 Å². The summed E-state index contributed by atoms with van der Waals surface area (Å²) in [5, 5.41) is 14.0. The van der Waals surface area contributed by atoms with Gasteiger partial charge >= 0.3 is 0 Å². The Morgan fingerprint density at radius 2 is 1.84 bits per heavy atom. The standard InChI is InChI=1S/C17H18ClN3O4/c1-20(10-11-25-16-8-2-13(18)3-9-16)12-17(22)19-14-4-6-15(7-5-14)21(23)24/h2-9H,10-12H2,1H3,(H,19,22)/p+1. The van der Waals surface area contributed by atoms with E-state index in [0.717, 1.165) is 10.6 Å². The molecular formula is C17H19ClN3O4+. The van der Waals surface area contributed by atoms with E-state index < -0.39 is 4.92 Å². The molecule has 0 fully saturated rings. The second-order valence-corrected chi connectivity index (χ2v) is 5.97. The third-order valence-corrected chi connectivity index (χ3v) is 3.69. The van der Waals surface area contributed by atoms with Gasteiger partial charge in [0, 0.05) is 22.8 Å². The van der Waals surface area contributed by atoms with Crippen LogP contribution in [0.25, 0.3) is 0 Å². The molecule has 1 amide bonds. The maximum absolute atomic E-state index is 12.0. The first kappa shape index (κ1) is 18.7. The molecule has 2 aromatic rings. The fraction of sp³-hybridized carbons (Fsp3) is 0.235. The van der Waals surface area contributed by atoms with Gasteiger partial charge in [-0.25, -0.2) is 0 Å². The number of likely N-dealkylation sites (N-methyl/N-ethyl adjacent to an activating group) is 1. The van der Waals surface area contributed by atoms with Gasteiger partial charge in [-0.2, -0.15) is 0 Å². The van der Waals surface area contributed by atoms with Gasteiger partial charge in [0.05, 0.1) is 12.0 Å². The molecule has 1 atom stereocenters. The largest absolute Gasteiger partial charge is 0.488 e. The minimum atomic E-state index is -0.482. The van der Waals surface area contributed by atoms with E-state index in [1.54, 1.807) is 24.3 Å². The molecule has 1 unspecified atom stereocenters. The van der Waals surface area contributed by atoms with Gasteiger partial charge in [-0.05, 0) is 36.4 Å². The van der Waals surface area contributed by atoms with Crippen molar-refractivity contribution in [1.82, 2.24) is 0 Å². The lowest BCUT2D eigenvalue weighted by Crippen LogP contribution is -3.10. The van der Waals surface area contributed by atoms with Crippen molar-refractivity contribution in [2.45, 2.75) is 0 Å². The Balaban J connectivity index is 1.72. The summed E-state index contributed by atoms with van der Waals surface area (Å²) in [7, 11) is 1.89. The number of quaternary nitrogens is 1. The summed E-state index contributed by atoms with van der Waals surface area (Å²) in [6, 6.07) is 12.8. The SMILES string of the molecule is C[NH+](CCOc1ccc(Cl)cc1)CC(=O)Nc1ccc([N+](=O)[O-])cc1. The van der Waals surface area contributed by atoms with Crippen LogP contribution in [0.2, 0.25) is 5.02 Å². The summed E-state index contributed by atoms with van der Waals surface area (Å²) in [6.45, 7) is 1.38. The van der Waals surface area contributed by atoms with E-state index in [-0.39, 0.29) is 18.1 Å². The van der Waals surface area contributed by atoms with E-state index in [0.29, 0.717) is 23.9 Å². The number of halogens is 1. The normalized spacial score (nSPS) is 11.6. The smallest absolute Gasteiger partial charge is 0.279 e. The minimum absolute atomic E-state index is 0.0138. The Morgan fingerprint density at radius 3 is 2.44 bits per heavy atom. The Bertz CT molecular complexity index is 720. The molecule has 0 radical (unpaired) electrons. The summed E-state index contributed by atoms with van der Waals surface area (Å²) in [5.41, 5.74) is 0.515. The van der Waals surface area contributed by atoms with Crippen LogP contribution in [-0.4, -0.2) is 37.6 Å². The van der Waals surface area contributed by atoms with Gasteiger partial charge in [-0.15, -0.1) is 0 Å². The molecule has 2 rings (SSSR count). The minimum Gasteiger partial charge on any atom is -0.488 e. The van der Waals surface area contributed by atoms with E-state index in [9.17, 15) is 14.9 Å². The molecule has 2 aromatic carbocycles. The van der Waals surface area contributed by atoms with Crippen molar-refractivity contribution < 1.29 is 19.4 Å². The first-order valence-corrected chi connectivity index (χ1v) is 8.06. The summed E-state index contributed by atoms with van der Waals surface area (Å²) in [5.74, 6) is 0.561. The van der Waals surface area contributed by atoms with E-state index in [1.807, 2.05) is 7.05 Å². The van der Waals surface area contributed by atoms with E-state index >= 15 is 0 Å². The van der Waals surface area contributed by atoms with Crippen LogP contribution in [0.5, 0.6) is 5.75 Å². The zero-order valence-electron chi connectivity index (χ0n) is 13.7. The van der Waals surface area contributed by atoms with Crippen LogP contribution in [0, 0.1) is 10.1 Å². The number of nitrogens with one attached hydrogen (secondary N) is 2. The molecule has 8 heteroatoms. The number of nitro benzene ring substituents is 1. The van der Waals surface area contributed by atoms with Crippen molar-refractivity contribution in [1.29, 1.82) is 0 Å². The number of hydrogen-bond acceptors (Lipinski definition) is 4. The second kappa shape index (κ2) is 9.00. The molecule has 0 spiro atoms. The van der Waals surface area contributed by atoms with Crippen LogP contribution in [-0.2, 0) is 4.79 Å². The quantitative estimate of drug-likeness (QED) is 0.552. The lowest BCUT2D eigenvalue weighted by Gasteiger charge is -2.14. The van der Waals surface area contributed by atoms with Crippen LogP contribution >= 0.6 is 11.6 Å². The molecule has 7 nitrogen and oxygen atoms in total. The highest BCUT2D eigenvalue weighted by atomic mass is 35.5. The van der Waals surface area contributed by atoms with Crippen LogP contribution in [0.15, 0.2) is 48.5 Å². The van der Waals surface area contributed by atoms with Gasteiger partial charge in [0.1, 0.15) is 18.9 Å². The van der Waals surface area contributed by atoms with Crippen molar-refractivity contribution in [2.24, 2.45) is 0 Å². The second-order valence-electron chi connectivity index (χ2n) is 5.54. The van der Waals surface area contributed by atoms with Crippen molar-refractivity contribution in [3.63, 3.8) is 0 Å². The number of rotatable bonds is 8. The number of anilines is 1. The van der Waals surface area contributed by atoms with Gasteiger partial charge in [0.2, 0.25) is 0 Å². The zero-order chi connectivity index (χ0) is 18.2. The molecule has 25 heavy (non-hydrogen) atoms. The third kappa shape index (κ3) is 6.40. The summed E-state index contributed by atoms with van der Waals surface area (Å²) in [4.78, 5) is 23.1. The fourth-order valence-electron chi connectivity index (χ4n) is 2.11. The molecular weight excluding hydrogens is 346 g/mol. The number of nitrogens with zero attached hydrogens (tertiary/aromatic N) is 1. The molecule has 0 saturated heterocycles. The number of hydrogen-bond donors (Lipinski definition) is 2. The molecule has 0 bridgehead atoms. The van der Waals surface area contributed by atoms with E-state index in [2.05, 4.69) is 5.32 Å². The van der Waals surface area contributed by atoms with Crippen LogP contribution < -0.4 is 15.0 Å². The number of amides is 1. The summed E-state index contributed by atoms with van der Waals surface area (Å²) in [6.07, 6.45) is 0. The lowest BCUT2D eigenvalue weighted by atomic mass is 10.3. The molecule has 0 saturated carbocycles. The highest BCUT2D eigenvalue weighted by Gasteiger charge is 2.11. The Labute approximate surface area is 150 Å². The van der Waals surface area contributed by atoms with Gasteiger partial charge in [0.25, 0.3) is 11.6 Å². The first-order valence-electron chi connectivity index (χ1n) is 7.68. The molecule has 132 valence electrons. The number of benzene rings is 2. The Morgan fingerprint density at radius 1 is 1.20 bits per heavy atom. The topological polar surface area (TPSA) is 85.9 Å². The number of nitro groups is 1. The lowest BCUT2D eigenvalue weighted by molar-refractivity contribution is -0.871. The number of carbonyl (C=O) groups is 1. The molecule has 0 aliphatic heterocycles. The number of ether oxygens (including phenoxy) is 1. The fourth-order valence-corrected chi connectivity index (χ4v) is 2.23. The predicted octanol–water partition coefficient (Wildman–Crippen LogP) is 1.78. The zero-order valence-corrected chi connectivity index (χ0v) is 14.5. The molecule has 0 aliphatic rings. The Hall–Kier alpha value is -2.64. The Kier molecular flexibility index (Phi) is 6.73. The maximum Gasteiger partial charge on any atom is 0.279 e. The van der Waals surface area contributed by atoms with Crippen LogP contribution in [0.4, 0.5) is 11.4 Å². The number of carbonyl (C=O) groups excluding carboxylic acids is 1. The van der Waals surface area contributed by atoms with Crippen molar-refractivity contribution in [3.05, 3.63) is 63.7 Å². The molecule has 2 N–H and O–H groups in total. The van der Waals surface area contributed by atoms with Gasteiger partial charge < -0.3 is 15.0 Å². The maximum atomic E-state index is 12.0. The summed E-state index contributed by atoms with van der Waals surface area (Å²) >= 11 is 5.81. The van der Waals surface area contributed by atoms with Gasteiger partial charge in [0.15, 0.2) is 6.54 Å². The van der Waals surface area contributed by atoms with Crippen LogP contribution in [0.3, 0.4) is 0 Å². The monoisotopic (exact) mass is 364 g/mol. The molecule has 0 aromatic heterocycles. The average Bonchev–Trinajstić information content (AvgIpc) is 2.57. The van der Waals surface area contributed by atoms with Crippen LogP contribution in [0.1, 0.15) is 0 Å². The first-order chi connectivity index (χ1) is 11.9. The van der Waals surface area contributed by atoms with Crippen molar-refractivity contribution >= 4 is 28.9 Å². The summed E-state index contributed by atoms with van der Waals surface area (Å²) < 4.78 is 5.59. The van der Waals surface area contributed by atoms with Crippen molar-refractivity contribution in [2.75, 3.05) is 32.1 Å². The van der Waals surface area contributed by atoms with Gasteiger partial charge in [-0.3, -0.25) is 14.9 Å².